The number of hydrogen-bond donors (Lipinski definition) is 2. The number of nitrogens with zero attached hydrogens (tertiary/aromatic N) is 1. The van der Waals surface area contributed by atoms with Crippen LogP contribution >= 0.6 is 36.4 Å². The normalized spacial score (nSPS) is 18.2. The van der Waals surface area contributed by atoms with Crippen LogP contribution < -0.4 is 10.6 Å². The molecule has 0 saturated carbocycles. The van der Waals surface area contributed by atoms with E-state index in [4.69, 9.17) is 11.6 Å². The predicted molar refractivity (Wildman–Crippen MR) is 77.1 cm³/mol. The van der Waals surface area contributed by atoms with Crippen molar-refractivity contribution in [3.05, 3.63) is 29.0 Å². The second-order valence-corrected chi connectivity index (χ2v) is 4.28. The SMILES string of the molecule is Cl.Cl.O=C(N[C@@H]1CCCNC1)c1ccncc1Cl. The van der Waals surface area contributed by atoms with Crippen molar-refractivity contribution in [2.24, 2.45) is 0 Å². The van der Waals surface area contributed by atoms with E-state index in [1.807, 2.05) is 0 Å². The molecule has 18 heavy (non-hydrogen) atoms. The molecule has 1 fully saturated rings. The van der Waals surface area contributed by atoms with E-state index in [0.29, 0.717) is 10.6 Å². The summed E-state index contributed by atoms with van der Waals surface area (Å²) in [5.74, 6) is -0.124. The molecular weight excluding hydrogens is 296 g/mol. The van der Waals surface area contributed by atoms with Crippen LogP contribution in [0.4, 0.5) is 0 Å². The van der Waals surface area contributed by atoms with E-state index in [9.17, 15) is 4.79 Å². The van der Waals surface area contributed by atoms with Gasteiger partial charge in [0, 0.05) is 25.0 Å². The maximum atomic E-state index is 11.9. The summed E-state index contributed by atoms with van der Waals surface area (Å²) in [5, 5.41) is 6.60. The lowest BCUT2D eigenvalue weighted by atomic mass is 10.1. The zero-order valence-electron chi connectivity index (χ0n) is 9.69. The van der Waals surface area contributed by atoms with Gasteiger partial charge in [0.25, 0.3) is 5.91 Å². The molecule has 1 aromatic heterocycles. The topological polar surface area (TPSA) is 54.0 Å². The first-order valence-corrected chi connectivity index (χ1v) is 5.76. The molecule has 0 unspecified atom stereocenters. The van der Waals surface area contributed by atoms with Crippen LogP contribution in [0.5, 0.6) is 0 Å². The van der Waals surface area contributed by atoms with E-state index in [1.54, 1.807) is 12.3 Å². The molecule has 0 radical (unpaired) electrons. The van der Waals surface area contributed by atoms with Gasteiger partial charge in [-0.2, -0.15) is 0 Å². The molecule has 0 aliphatic carbocycles. The molecule has 2 rings (SSSR count). The van der Waals surface area contributed by atoms with Crippen molar-refractivity contribution in [3.63, 3.8) is 0 Å². The summed E-state index contributed by atoms with van der Waals surface area (Å²) < 4.78 is 0. The maximum Gasteiger partial charge on any atom is 0.253 e. The first-order chi connectivity index (χ1) is 7.77. The Morgan fingerprint density at radius 3 is 2.89 bits per heavy atom. The van der Waals surface area contributed by atoms with Gasteiger partial charge in [-0.25, -0.2) is 0 Å². The summed E-state index contributed by atoms with van der Waals surface area (Å²) in [4.78, 5) is 15.7. The highest BCUT2D eigenvalue weighted by molar-refractivity contribution is 6.33. The summed E-state index contributed by atoms with van der Waals surface area (Å²) in [6, 6.07) is 1.83. The van der Waals surface area contributed by atoms with E-state index < -0.39 is 0 Å². The average Bonchev–Trinajstić information content (AvgIpc) is 2.31. The van der Waals surface area contributed by atoms with Gasteiger partial charge in [-0.05, 0) is 25.5 Å². The molecule has 7 heteroatoms. The second-order valence-electron chi connectivity index (χ2n) is 3.87. The van der Waals surface area contributed by atoms with Crippen molar-refractivity contribution in [1.82, 2.24) is 15.6 Å². The third-order valence-electron chi connectivity index (χ3n) is 2.65. The number of aromatic nitrogens is 1. The van der Waals surface area contributed by atoms with Crippen molar-refractivity contribution < 1.29 is 4.79 Å². The van der Waals surface area contributed by atoms with E-state index in [1.165, 1.54) is 6.20 Å². The lowest BCUT2D eigenvalue weighted by molar-refractivity contribution is 0.0930. The van der Waals surface area contributed by atoms with Crippen LogP contribution in [-0.2, 0) is 0 Å². The molecule has 2 N–H and O–H groups in total. The quantitative estimate of drug-likeness (QED) is 0.879. The molecule has 1 aromatic rings. The van der Waals surface area contributed by atoms with Gasteiger partial charge >= 0.3 is 0 Å². The number of amides is 1. The Morgan fingerprint density at radius 2 is 2.28 bits per heavy atom. The molecular formula is C11H16Cl3N3O. The number of hydrogen-bond acceptors (Lipinski definition) is 3. The Bertz CT molecular complexity index is 384. The van der Waals surface area contributed by atoms with Crippen molar-refractivity contribution in [1.29, 1.82) is 0 Å². The van der Waals surface area contributed by atoms with E-state index in [2.05, 4.69) is 15.6 Å². The summed E-state index contributed by atoms with van der Waals surface area (Å²) in [5.41, 5.74) is 0.488. The lowest BCUT2D eigenvalue weighted by Gasteiger charge is -2.23. The number of carbonyl (C=O) groups excluding carboxylic acids is 1. The molecule has 1 aliphatic rings. The smallest absolute Gasteiger partial charge is 0.253 e. The number of nitrogens with one attached hydrogen (secondary N) is 2. The predicted octanol–water partition coefficient (Wildman–Crippen LogP) is 2.06. The molecule has 0 spiro atoms. The molecule has 1 aliphatic heterocycles. The summed E-state index contributed by atoms with van der Waals surface area (Å²) in [6.45, 7) is 1.86. The molecule has 0 aromatic carbocycles. The fourth-order valence-electron chi connectivity index (χ4n) is 1.80. The fourth-order valence-corrected chi connectivity index (χ4v) is 2.00. The number of halogens is 3. The highest BCUT2D eigenvalue weighted by atomic mass is 35.5. The minimum absolute atomic E-state index is 0. The first-order valence-electron chi connectivity index (χ1n) is 5.38. The van der Waals surface area contributed by atoms with Crippen molar-refractivity contribution in [3.8, 4) is 0 Å². The average molecular weight is 313 g/mol. The van der Waals surface area contributed by atoms with E-state index >= 15 is 0 Å². The highest BCUT2D eigenvalue weighted by Gasteiger charge is 2.17. The van der Waals surface area contributed by atoms with Gasteiger partial charge in [-0.3, -0.25) is 9.78 Å². The van der Waals surface area contributed by atoms with Crippen molar-refractivity contribution >= 4 is 42.3 Å². The number of piperidine rings is 1. The summed E-state index contributed by atoms with van der Waals surface area (Å²) in [6.07, 6.45) is 5.16. The molecule has 102 valence electrons. The molecule has 1 saturated heterocycles. The monoisotopic (exact) mass is 311 g/mol. The Labute approximate surface area is 124 Å². The summed E-state index contributed by atoms with van der Waals surface area (Å²) >= 11 is 5.90. The third-order valence-corrected chi connectivity index (χ3v) is 2.95. The largest absolute Gasteiger partial charge is 0.348 e. The molecule has 0 bridgehead atoms. The van der Waals surface area contributed by atoms with Crippen molar-refractivity contribution in [2.75, 3.05) is 13.1 Å². The Balaban J connectivity index is 0.00000144. The van der Waals surface area contributed by atoms with E-state index in [-0.39, 0.29) is 36.8 Å². The molecule has 4 nitrogen and oxygen atoms in total. The Kier molecular flexibility index (Phi) is 8.27. The number of rotatable bonds is 2. The third kappa shape index (κ3) is 4.61. The standard InChI is InChI=1S/C11H14ClN3O.2ClH/c12-10-7-14-5-3-9(10)11(16)15-8-2-1-4-13-6-8;;/h3,5,7-8,13H,1-2,4,6H2,(H,15,16);2*1H/t8-;;/m1../s1. The van der Waals surface area contributed by atoms with Crippen molar-refractivity contribution in [2.45, 2.75) is 18.9 Å². The Morgan fingerprint density at radius 1 is 1.50 bits per heavy atom. The molecule has 1 amide bonds. The zero-order chi connectivity index (χ0) is 11.4. The lowest BCUT2D eigenvalue weighted by Crippen LogP contribution is -2.45. The van der Waals surface area contributed by atoms with Crippen LogP contribution in [-0.4, -0.2) is 30.0 Å². The van der Waals surface area contributed by atoms with Crippen LogP contribution in [0.1, 0.15) is 23.2 Å². The minimum Gasteiger partial charge on any atom is -0.348 e. The highest BCUT2D eigenvalue weighted by Crippen LogP contribution is 2.13. The van der Waals surface area contributed by atoms with Crippen LogP contribution in [0.2, 0.25) is 5.02 Å². The molecule has 2 heterocycles. The summed E-state index contributed by atoms with van der Waals surface area (Å²) in [7, 11) is 0. The van der Waals surface area contributed by atoms with Gasteiger partial charge < -0.3 is 10.6 Å². The first kappa shape index (κ1) is 17.4. The van der Waals surface area contributed by atoms with Crippen LogP contribution in [0, 0.1) is 0 Å². The second kappa shape index (κ2) is 8.53. The Hall–Kier alpha value is -0.550. The van der Waals surface area contributed by atoms with Gasteiger partial charge in [0.2, 0.25) is 0 Å². The van der Waals surface area contributed by atoms with Gasteiger partial charge in [0.05, 0.1) is 10.6 Å². The van der Waals surface area contributed by atoms with Gasteiger partial charge in [0.1, 0.15) is 0 Å². The molecule has 1 atom stereocenters. The number of pyridine rings is 1. The van der Waals surface area contributed by atoms with Gasteiger partial charge in [0.15, 0.2) is 0 Å². The van der Waals surface area contributed by atoms with Crippen LogP contribution in [0.15, 0.2) is 18.5 Å². The van der Waals surface area contributed by atoms with Crippen LogP contribution in [0.25, 0.3) is 0 Å². The van der Waals surface area contributed by atoms with Gasteiger partial charge in [-0.1, -0.05) is 11.6 Å². The fraction of sp³-hybridized carbons (Fsp3) is 0.455. The van der Waals surface area contributed by atoms with Crippen LogP contribution in [0.3, 0.4) is 0 Å². The minimum atomic E-state index is -0.124. The van der Waals surface area contributed by atoms with E-state index in [0.717, 1.165) is 25.9 Å². The maximum absolute atomic E-state index is 11.9. The number of carbonyl (C=O) groups is 1. The van der Waals surface area contributed by atoms with Gasteiger partial charge in [-0.15, -0.1) is 24.8 Å². The zero-order valence-corrected chi connectivity index (χ0v) is 12.1.